The molecule has 0 radical (unpaired) electrons. The van der Waals surface area contributed by atoms with Gasteiger partial charge >= 0.3 is 0 Å². The number of allylic oxidation sites excluding steroid dienone is 1. The maximum absolute atomic E-state index is 11.0. The van der Waals surface area contributed by atoms with Gasteiger partial charge in [-0.3, -0.25) is 4.79 Å². The van der Waals surface area contributed by atoms with Gasteiger partial charge in [-0.15, -0.1) is 0 Å². The second kappa shape index (κ2) is 5.05. The van der Waals surface area contributed by atoms with Crippen LogP contribution < -0.4 is 0 Å². The Balaban J connectivity index is 2.48. The first-order valence-electron chi connectivity index (χ1n) is 6.02. The highest BCUT2D eigenvalue weighted by atomic mass is 16.1. The molecule has 0 aliphatic carbocycles. The summed E-state index contributed by atoms with van der Waals surface area (Å²) in [5, 5.41) is 0. The van der Waals surface area contributed by atoms with Crippen LogP contribution in [0, 0.1) is 13.8 Å². The second-order valence-electron chi connectivity index (χ2n) is 4.44. The van der Waals surface area contributed by atoms with Crippen LogP contribution in [0.1, 0.15) is 23.9 Å². The van der Waals surface area contributed by atoms with E-state index in [9.17, 15) is 4.79 Å². The van der Waals surface area contributed by atoms with Gasteiger partial charge in [-0.1, -0.05) is 18.2 Å². The molecule has 2 aromatic rings. The average Bonchev–Trinajstić information content (AvgIpc) is 2.63. The molecule has 0 aliphatic heterocycles. The largest absolute Gasteiger partial charge is 0.318 e. The van der Waals surface area contributed by atoms with E-state index in [-0.39, 0.29) is 5.78 Å². The molecule has 0 bridgehead atoms. The van der Waals surface area contributed by atoms with E-state index in [0.717, 1.165) is 16.9 Å². The van der Waals surface area contributed by atoms with Crippen molar-refractivity contribution in [2.75, 3.05) is 0 Å². The van der Waals surface area contributed by atoms with E-state index in [1.165, 1.54) is 5.69 Å². The van der Waals surface area contributed by atoms with Gasteiger partial charge in [0.05, 0.1) is 0 Å². The van der Waals surface area contributed by atoms with Gasteiger partial charge in [0.25, 0.3) is 0 Å². The third-order valence-electron chi connectivity index (χ3n) is 2.98. The Labute approximate surface area is 108 Å². The molecule has 0 aliphatic rings. The number of aromatic nitrogens is 1. The normalized spacial score (nSPS) is 11.1. The van der Waals surface area contributed by atoms with Crippen molar-refractivity contribution in [1.82, 2.24) is 4.57 Å². The predicted molar refractivity (Wildman–Crippen MR) is 75.0 cm³/mol. The van der Waals surface area contributed by atoms with E-state index in [0.29, 0.717) is 0 Å². The van der Waals surface area contributed by atoms with Gasteiger partial charge in [0.15, 0.2) is 5.78 Å². The molecule has 0 saturated heterocycles. The number of ketones is 1. The molecule has 1 heterocycles. The fraction of sp³-hybridized carbons (Fsp3) is 0.188. The summed E-state index contributed by atoms with van der Waals surface area (Å²) in [5.41, 5.74) is 4.56. The predicted octanol–water partition coefficient (Wildman–Crippen LogP) is 3.70. The highest BCUT2D eigenvalue weighted by Gasteiger charge is 2.08. The quantitative estimate of drug-likeness (QED) is 0.749. The molecule has 2 nitrogen and oxygen atoms in total. The molecule has 0 spiro atoms. The Hall–Kier alpha value is -2.09. The molecule has 2 rings (SSSR count). The summed E-state index contributed by atoms with van der Waals surface area (Å²) in [7, 11) is 0. The van der Waals surface area contributed by atoms with Gasteiger partial charge in [-0.2, -0.15) is 0 Å². The molecule has 0 saturated carbocycles. The number of aryl methyl sites for hydroxylation is 1. The zero-order valence-electron chi connectivity index (χ0n) is 11.0. The molecule has 92 valence electrons. The van der Waals surface area contributed by atoms with Crippen LogP contribution in [-0.2, 0) is 4.79 Å². The number of nitrogens with zero attached hydrogens (tertiary/aromatic N) is 1. The van der Waals surface area contributed by atoms with E-state index in [1.54, 1.807) is 13.0 Å². The number of hydrogen-bond donors (Lipinski definition) is 0. The van der Waals surface area contributed by atoms with Gasteiger partial charge < -0.3 is 4.57 Å². The molecule has 0 amide bonds. The molecular formula is C16H17NO. The van der Waals surface area contributed by atoms with E-state index in [2.05, 4.69) is 36.6 Å². The first-order chi connectivity index (χ1) is 8.59. The van der Waals surface area contributed by atoms with Crippen molar-refractivity contribution in [2.24, 2.45) is 0 Å². The summed E-state index contributed by atoms with van der Waals surface area (Å²) in [5.74, 6) is 0.0690. The molecule has 0 N–H and O–H groups in total. The number of hydrogen-bond acceptors (Lipinski definition) is 1. The maximum atomic E-state index is 11.0. The van der Waals surface area contributed by atoms with Crippen molar-refractivity contribution >= 4 is 11.9 Å². The highest BCUT2D eigenvalue weighted by Crippen LogP contribution is 2.21. The van der Waals surface area contributed by atoms with E-state index >= 15 is 0 Å². The van der Waals surface area contributed by atoms with Crippen LogP contribution in [-0.4, -0.2) is 10.4 Å². The summed E-state index contributed by atoms with van der Waals surface area (Å²) in [6, 6.07) is 12.3. The lowest BCUT2D eigenvalue weighted by Crippen LogP contribution is -1.98. The van der Waals surface area contributed by atoms with Gasteiger partial charge in [0, 0.05) is 17.1 Å². The van der Waals surface area contributed by atoms with Gasteiger partial charge in [-0.05, 0) is 56.7 Å². The minimum atomic E-state index is 0.0690. The molecular weight excluding hydrogens is 222 g/mol. The minimum Gasteiger partial charge on any atom is -0.318 e. The molecule has 18 heavy (non-hydrogen) atoms. The van der Waals surface area contributed by atoms with Crippen LogP contribution in [0.2, 0.25) is 0 Å². The Morgan fingerprint density at radius 1 is 1.17 bits per heavy atom. The van der Waals surface area contributed by atoms with Crippen LogP contribution in [0.4, 0.5) is 0 Å². The summed E-state index contributed by atoms with van der Waals surface area (Å²) in [6.07, 6.45) is 3.49. The van der Waals surface area contributed by atoms with E-state index < -0.39 is 0 Å². The van der Waals surface area contributed by atoms with Crippen molar-refractivity contribution in [3.8, 4) is 5.69 Å². The number of carbonyl (C=O) groups excluding carboxylic acids is 1. The lowest BCUT2D eigenvalue weighted by Gasteiger charge is -2.09. The molecule has 1 aromatic heterocycles. The van der Waals surface area contributed by atoms with Gasteiger partial charge in [0.1, 0.15) is 0 Å². The Morgan fingerprint density at radius 3 is 2.44 bits per heavy atom. The van der Waals surface area contributed by atoms with E-state index in [4.69, 9.17) is 0 Å². The van der Waals surface area contributed by atoms with Crippen molar-refractivity contribution in [1.29, 1.82) is 0 Å². The lowest BCUT2D eigenvalue weighted by atomic mass is 10.2. The molecule has 0 fully saturated rings. The average molecular weight is 239 g/mol. The fourth-order valence-corrected chi connectivity index (χ4v) is 2.14. The topological polar surface area (TPSA) is 22.0 Å². The molecule has 2 heteroatoms. The van der Waals surface area contributed by atoms with Crippen LogP contribution in [0.25, 0.3) is 11.8 Å². The minimum absolute atomic E-state index is 0.0690. The third-order valence-corrected chi connectivity index (χ3v) is 2.98. The smallest absolute Gasteiger partial charge is 0.152 e. The van der Waals surface area contributed by atoms with Crippen LogP contribution in [0.15, 0.2) is 42.5 Å². The van der Waals surface area contributed by atoms with E-state index in [1.807, 2.05) is 24.3 Å². The van der Waals surface area contributed by atoms with Crippen molar-refractivity contribution in [2.45, 2.75) is 20.8 Å². The van der Waals surface area contributed by atoms with Crippen LogP contribution in [0.5, 0.6) is 0 Å². The monoisotopic (exact) mass is 239 g/mol. The fourth-order valence-electron chi connectivity index (χ4n) is 2.14. The summed E-state index contributed by atoms with van der Waals surface area (Å²) >= 11 is 0. The first-order valence-corrected chi connectivity index (χ1v) is 6.02. The number of rotatable bonds is 3. The van der Waals surface area contributed by atoms with Gasteiger partial charge in [0.2, 0.25) is 0 Å². The molecule has 1 aromatic carbocycles. The lowest BCUT2D eigenvalue weighted by molar-refractivity contribution is -0.112. The Morgan fingerprint density at radius 2 is 1.83 bits per heavy atom. The number of para-hydroxylation sites is 1. The summed E-state index contributed by atoms with van der Waals surface area (Å²) in [4.78, 5) is 11.0. The standard InChI is InChI=1S/C16H17NO/c1-12-11-15(10-9-13(2)18)14(3)17(12)16-7-5-4-6-8-16/h4-11H,1-3H3/b10-9+. The van der Waals surface area contributed by atoms with Crippen molar-refractivity contribution < 1.29 is 4.79 Å². The van der Waals surface area contributed by atoms with Crippen LogP contribution in [0.3, 0.4) is 0 Å². The number of benzene rings is 1. The number of carbonyl (C=O) groups is 1. The maximum Gasteiger partial charge on any atom is 0.152 e. The second-order valence-corrected chi connectivity index (χ2v) is 4.44. The zero-order valence-corrected chi connectivity index (χ0v) is 11.0. The van der Waals surface area contributed by atoms with Crippen LogP contribution >= 0.6 is 0 Å². The van der Waals surface area contributed by atoms with Crippen molar-refractivity contribution in [3.05, 3.63) is 59.4 Å². The van der Waals surface area contributed by atoms with Crippen molar-refractivity contribution in [3.63, 3.8) is 0 Å². The Kier molecular flexibility index (Phi) is 3.47. The Bertz CT molecular complexity index is 591. The first kappa shape index (κ1) is 12.4. The highest BCUT2D eigenvalue weighted by molar-refractivity contribution is 5.91. The molecule has 0 unspecified atom stereocenters. The zero-order chi connectivity index (χ0) is 13.1. The van der Waals surface area contributed by atoms with Gasteiger partial charge in [-0.25, -0.2) is 0 Å². The SMILES string of the molecule is CC(=O)/C=C/c1cc(C)n(-c2ccccc2)c1C. The molecule has 0 atom stereocenters. The summed E-state index contributed by atoms with van der Waals surface area (Å²) in [6.45, 7) is 5.71. The third kappa shape index (κ3) is 2.43. The summed E-state index contributed by atoms with van der Waals surface area (Å²) < 4.78 is 2.19.